The smallest absolute Gasteiger partial charge is 0.0986 e. The molecule has 0 radical (unpaired) electrons. The lowest BCUT2D eigenvalue weighted by molar-refractivity contribution is 0.232. The summed E-state index contributed by atoms with van der Waals surface area (Å²) in [5, 5.41) is 10.0. The Morgan fingerprint density at radius 3 is 2.53 bits per heavy atom. The third kappa shape index (κ3) is 1.69. The minimum absolute atomic E-state index is 0.471. The zero-order chi connectivity index (χ0) is 11.8. The summed E-state index contributed by atoms with van der Waals surface area (Å²) in [4.78, 5) is 0. The van der Waals surface area contributed by atoms with Gasteiger partial charge in [0.1, 0.15) is 0 Å². The molecule has 0 amide bonds. The molecule has 0 aromatic heterocycles. The molecule has 1 nitrogen and oxygen atoms in total. The molecule has 0 heterocycles. The lowest BCUT2D eigenvalue weighted by Gasteiger charge is -2.07. The van der Waals surface area contributed by atoms with E-state index in [9.17, 15) is 5.11 Å². The normalized spacial score (nSPS) is 17.8. The molecule has 84 valence electrons. The van der Waals surface area contributed by atoms with Gasteiger partial charge in [0.05, 0.1) is 6.10 Å². The van der Waals surface area contributed by atoms with E-state index in [1.807, 2.05) is 36.4 Å². The molecule has 2 aromatic rings. The van der Waals surface area contributed by atoms with Gasteiger partial charge in [-0.15, -0.1) is 0 Å². The first kappa shape index (κ1) is 10.3. The van der Waals surface area contributed by atoms with Gasteiger partial charge in [0, 0.05) is 0 Å². The summed E-state index contributed by atoms with van der Waals surface area (Å²) in [5.41, 5.74) is 5.69. The molecule has 1 N–H and O–H groups in total. The standard InChI is InChI=1S/C16H14O/c1-11-7-8-13-15(9-11)14(10-16(13)17)12-5-3-2-4-6-12/h2-10,16-17H,1H3/t16-/m0/s1. The number of fused-ring (bicyclic) bond motifs is 1. The van der Waals surface area contributed by atoms with Gasteiger partial charge in [-0.25, -0.2) is 0 Å². The van der Waals surface area contributed by atoms with Crippen molar-refractivity contribution < 1.29 is 5.11 Å². The van der Waals surface area contributed by atoms with Crippen molar-refractivity contribution in [3.8, 4) is 0 Å². The first-order chi connectivity index (χ1) is 8.25. The molecule has 1 atom stereocenters. The van der Waals surface area contributed by atoms with Gasteiger partial charge in [-0.05, 0) is 35.3 Å². The summed E-state index contributed by atoms with van der Waals surface area (Å²) in [6, 6.07) is 16.4. The molecule has 0 spiro atoms. The Bertz CT molecular complexity index is 582. The zero-order valence-electron chi connectivity index (χ0n) is 9.72. The van der Waals surface area contributed by atoms with Gasteiger partial charge >= 0.3 is 0 Å². The SMILES string of the molecule is Cc1ccc2c(c1)C(c1ccccc1)=C[C@@H]2O. The maximum absolute atomic E-state index is 10.0. The predicted octanol–water partition coefficient (Wildman–Crippen LogP) is 3.47. The van der Waals surface area contributed by atoms with E-state index in [2.05, 4.69) is 25.1 Å². The van der Waals surface area contributed by atoms with Crippen LogP contribution in [0.2, 0.25) is 0 Å². The summed E-state index contributed by atoms with van der Waals surface area (Å²) in [5.74, 6) is 0. The second kappa shape index (κ2) is 3.86. The van der Waals surface area contributed by atoms with E-state index in [1.54, 1.807) is 0 Å². The predicted molar refractivity (Wildman–Crippen MR) is 69.7 cm³/mol. The third-order valence-corrected chi connectivity index (χ3v) is 3.23. The van der Waals surface area contributed by atoms with Crippen molar-refractivity contribution in [1.29, 1.82) is 0 Å². The fraction of sp³-hybridized carbons (Fsp3) is 0.125. The number of hydrogen-bond acceptors (Lipinski definition) is 1. The summed E-state index contributed by atoms with van der Waals surface area (Å²) < 4.78 is 0. The van der Waals surface area contributed by atoms with Gasteiger partial charge in [0.15, 0.2) is 0 Å². The molecule has 1 aliphatic rings. The van der Waals surface area contributed by atoms with Crippen LogP contribution in [0.4, 0.5) is 0 Å². The fourth-order valence-electron chi connectivity index (χ4n) is 2.37. The summed E-state index contributed by atoms with van der Waals surface area (Å²) in [7, 11) is 0. The Morgan fingerprint density at radius 2 is 1.76 bits per heavy atom. The van der Waals surface area contributed by atoms with Crippen LogP contribution in [0.1, 0.15) is 28.4 Å². The van der Waals surface area contributed by atoms with Crippen molar-refractivity contribution in [2.75, 3.05) is 0 Å². The number of aryl methyl sites for hydroxylation is 1. The van der Waals surface area contributed by atoms with Crippen LogP contribution < -0.4 is 0 Å². The molecule has 0 unspecified atom stereocenters. The average Bonchev–Trinajstić information content (AvgIpc) is 2.67. The Morgan fingerprint density at radius 1 is 1.00 bits per heavy atom. The first-order valence-electron chi connectivity index (χ1n) is 5.82. The topological polar surface area (TPSA) is 20.2 Å². The fourth-order valence-corrected chi connectivity index (χ4v) is 2.37. The second-order valence-corrected chi connectivity index (χ2v) is 4.48. The highest BCUT2D eigenvalue weighted by Gasteiger charge is 2.22. The van der Waals surface area contributed by atoms with Gasteiger partial charge in [-0.2, -0.15) is 0 Å². The lowest BCUT2D eigenvalue weighted by Crippen LogP contribution is -1.91. The molecule has 3 rings (SSSR count). The molecule has 0 aliphatic heterocycles. The molecule has 0 saturated carbocycles. The second-order valence-electron chi connectivity index (χ2n) is 4.48. The number of benzene rings is 2. The van der Waals surface area contributed by atoms with Gasteiger partial charge in [0.2, 0.25) is 0 Å². The van der Waals surface area contributed by atoms with E-state index in [0.717, 1.165) is 22.3 Å². The number of rotatable bonds is 1. The molecule has 1 aliphatic carbocycles. The van der Waals surface area contributed by atoms with Crippen LogP contribution in [0.5, 0.6) is 0 Å². The summed E-state index contributed by atoms with van der Waals surface area (Å²) in [6.45, 7) is 2.08. The highest BCUT2D eigenvalue weighted by atomic mass is 16.3. The van der Waals surface area contributed by atoms with Crippen LogP contribution in [0, 0.1) is 6.92 Å². The Hall–Kier alpha value is -1.86. The minimum atomic E-state index is -0.471. The molecule has 0 fully saturated rings. The number of aliphatic hydroxyl groups excluding tert-OH is 1. The Kier molecular flexibility index (Phi) is 2.34. The van der Waals surface area contributed by atoms with Crippen molar-refractivity contribution in [3.05, 3.63) is 76.9 Å². The van der Waals surface area contributed by atoms with Crippen molar-refractivity contribution in [3.63, 3.8) is 0 Å². The van der Waals surface area contributed by atoms with Crippen LogP contribution in [0.3, 0.4) is 0 Å². The quantitative estimate of drug-likeness (QED) is 0.783. The maximum Gasteiger partial charge on any atom is 0.0986 e. The highest BCUT2D eigenvalue weighted by Crippen LogP contribution is 2.38. The summed E-state index contributed by atoms with van der Waals surface area (Å²) >= 11 is 0. The first-order valence-corrected chi connectivity index (χ1v) is 5.82. The van der Waals surface area contributed by atoms with Crippen LogP contribution in [-0.2, 0) is 0 Å². The molecule has 0 saturated heterocycles. The maximum atomic E-state index is 10.0. The van der Waals surface area contributed by atoms with Crippen LogP contribution in [0.15, 0.2) is 54.6 Å². The highest BCUT2D eigenvalue weighted by molar-refractivity contribution is 5.85. The Labute approximate surface area is 101 Å². The Balaban J connectivity index is 2.17. The minimum Gasteiger partial charge on any atom is -0.384 e. The van der Waals surface area contributed by atoms with Crippen LogP contribution >= 0.6 is 0 Å². The molecule has 17 heavy (non-hydrogen) atoms. The van der Waals surface area contributed by atoms with E-state index in [1.165, 1.54) is 5.56 Å². The molecule has 0 bridgehead atoms. The number of aliphatic hydroxyl groups is 1. The van der Waals surface area contributed by atoms with Gasteiger partial charge in [-0.1, -0.05) is 54.1 Å². The third-order valence-electron chi connectivity index (χ3n) is 3.23. The van der Waals surface area contributed by atoms with Crippen molar-refractivity contribution in [1.82, 2.24) is 0 Å². The molecular weight excluding hydrogens is 208 g/mol. The van der Waals surface area contributed by atoms with Gasteiger partial charge in [0.25, 0.3) is 0 Å². The van der Waals surface area contributed by atoms with Crippen LogP contribution in [-0.4, -0.2) is 5.11 Å². The monoisotopic (exact) mass is 222 g/mol. The zero-order valence-corrected chi connectivity index (χ0v) is 9.72. The molecule has 2 aromatic carbocycles. The molecular formula is C16H14O. The summed E-state index contributed by atoms with van der Waals surface area (Å²) in [6.07, 6.45) is 1.46. The van der Waals surface area contributed by atoms with E-state index in [0.29, 0.717) is 0 Å². The van der Waals surface area contributed by atoms with E-state index in [4.69, 9.17) is 0 Å². The van der Waals surface area contributed by atoms with Crippen molar-refractivity contribution >= 4 is 5.57 Å². The average molecular weight is 222 g/mol. The van der Waals surface area contributed by atoms with E-state index >= 15 is 0 Å². The van der Waals surface area contributed by atoms with E-state index in [-0.39, 0.29) is 0 Å². The van der Waals surface area contributed by atoms with Gasteiger partial charge < -0.3 is 5.11 Å². The lowest BCUT2D eigenvalue weighted by atomic mass is 9.97. The van der Waals surface area contributed by atoms with Crippen molar-refractivity contribution in [2.24, 2.45) is 0 Å². The van der Waals surface area contributed by atoms with Crippen molar-refractivity contribution in [2.45, 2.75) is 13.0 Å². The van der Waals surface area contributed by atoms with E-state index < -0.39 is 6.10 Å². The van der Waals surface area contributed by atoms with Gasteiger partial charge in [-0.3, -0.25) is 0 Å². The largest absolute Gasteiger partial charge is 0.384 e. The van der Waals surface area contributed by atoms with Crippen LogP contribution in [0.25, 0.3) is 5.57 Å². The molecule has 1 heteroatoms. The number of hydrogen-bond donors (Lipinski definition) is 1.